The van der Waals surface area contributed by atoms with Crippen LogP contribution >= 0.6 is 0 Å². The fourth-order valence-electron chi connectivity index (χ4n) is 8.51. The molecule has 0 aliphatic carbocycles. The molecule has 2 fully saturated rings. The smallest absolute Gasteiger partial charge is 0.306 e. The van der Waals surface area contributed by atoms with E-state index in [-0.39, 0.29) is 19.6 Å². The van der Waals surface area contributed by atoms with Gasteiger partial charge in [-0.1, -0.05) is 171 Å². The van der Waals surface area contributed by atoms with Crippen LogP contribution in [0, 0.1) is 0 Å². The van der Waals surface area contributed by atoms with E-state index in [0.29, 0.717) is 13.0 Å². The number of allylic oxidation sites excluding steroid dienone is 10. The molecule has 2 heterocycles. The summed E-state index contributed by atoms with van der Waals surface area (Å²) in [5.74, 6) is -0.390. The SMILES string of the molecule is CC/C=C\C/C=C\C/C=C\C/C=C\CCCCCOCC(COC1OC(COC2OC(CO)C(O)C(O)C2O)C(O)C(O)C1O)OC(=O)CCCCCCCCCCC/C=C\CCCCCCCCCC. The molecular weight excluding hydrogens is 909 g/mol. The maximum absolute atomic E-state index is 13.1. The minimum Gasteiger partial charge on any atom is -0.457 e. The first-order chi connectivity index (χ1) is 34.6. The quantitative estimate of drug-likeness (QED) is 0.0172. The largest absolute Gasteiger partial charge is 0.457 e. The summed E-state index contributed by atoms with van der Waals surface area (Å²) in [6.07, 6.45) is 37.1. The maximum atomic E-state index is 13.1. The molecule has 412 valence electrons. The van der Waals surface area contributed by atoms with Crippen molar-refractivity contribution in [3.63, 3.8) is 0 Å². The van der Waals surface area contributed by atoms with Crippen LogP contribution in [0.25, 0.3) is 0 Å². The summed E-state index contributed by atoms with van der Waals surface area (Å²) in [5, 5.41) is 72.2. The molecule has 7 N–H and O–H groups in total. The molecule has 0 amide bonds. The van der Waals surface area contributed by atoms with E-state index in [1.807, 2.05) is 0 Å². The van der Waals surface area contributed by atoms with Gasteiger partial charge in [-0.2, -0.15) is 0 Å². The Morgan fingerprint density at radius 1 is 0.479 bits per heavy atom. The van der Waals surface area contributed by atoms with Crippen molar-refractivity contribution in [1.29, 1.82) is 0 Å². The van der Waals surface area contributed by atoms with Gasteiger partial charge in [-0.05, 0) is 77.0 Å². The zero-order valence-corrected chi connectivity index (χ0v) is 43.9. The standard InChI is InChI=1S/C57H100O14/c1-3-5-7-9-11-13-15-17-19-21-22-23-24-25-26-28-30-32-34-36-38-40-49(59)69-46(43-66-41-39-37-35-33-31-29-27-20-18-16-14-12-10-8-6-4-2)44-67-56-55(65)53(63)51(61)48(71-56)45-68-57-54(64)52(62)50(60)47(42-58)70-57/h6,8,12,14,18,20-22,29,31,46-48,50-58,60-65H,3-5,7,9-11,13,15-17,19,23-28,30,32-45H2,1-2H3/b8-6-,14-12-,20-18-,22-21-,31-29-. The van der Waals surface area contributed by atoms with Gasteiger partial charge in [0.25, 0.3) is 0 Å². The fraction of sp³-hybridized carbons (Fsp3) is 0.807. The molecule has 11 unspecified atom stereocenters. The molecule has 0 aromatic heterocycles. The lowest BCUT2D eigenvalue weighted by Gasteiger charge is -2.42. The second kappa shape index (κ2) is 44.0. The van der Waals surface area contributed by atoms with Crippen LogP contribution in [0.4, 0.5) is 0 Å². The van der Waals surface area contributed by atoms with E-state index in [1.165, 1.54) is 96.3 Å². The summed E-state index contributed by atoms with van der Waals surface area (Å²) >= 11 is 0. The van der Waals surface area contributed by atoms with Crippen molar-refractivity contribution in [3.05, 3.63) is 60.8 Å². The lowest BCUT2D eigenvalue weighted by molar-refractivity contribution is -0.332. The first-order valence-corrected chi connectivity index (χ1v) is 27.9. The van der Waals surface area contributed by atoms with Gasteiger partial charge >= 0.3 is 5.97 Å². The Labute approximate surface area is 428 Å². The lowest BCUT2D eigenvalue weighted by atomic mass is 9.98. The number of hydrogen-bond donors (Lipinski definition) is 7. The van der Waals surface area contributed by atoms with Gasteiger partial charge in [0.05, 0.1) is 26.4 Å². The molecule has 14 heteroatoms. The van der Waals surface area contributed by atoms with E-state index in [0.717, 1.165) is 70.6 Å². The molecule has 2 saturated heterocycles. The van der Waals surface area contributed by atoms with E-state index < -0.39 is 86.7 Å². The predicted octanol–water partition coefficient (Wildman–Crippen LogP) is 9.30. The number of aliphatic hydroxyl groups is 7. The van der Waals surface area contributed by atoms with Crippen molar-refractivity contribution in [2.45, 2.75) is 261 Å². The van der Waals surface area contributed by atoms with Gasteiger partial charge in [-0.25, -0.2) is 0 Å². The molecular formula is C57H100O14. The van der Waals surface area contributed by atoms with Gasteiger partial charge in [0, 0.05) is 13.0 Å². The lowest BCUT2D eigenvalue weighted by Crippen LogP contribution is -2.61. The molecule has 0 aromatic carbocycles. The van der Waals surface area contributed by atoms with Gasteiger partial charge < -0.3 is 64.2 Å². The molecule has 2 aliphatic heterocycles. The molecule has 11 atom stereocenters. The molecule has 0 saturated carbocycles. The van der Waals surface area contributed by atoms with Crippen molar-refractivity contribution in [2.24, 2.45) is 0 Å². The van der Waals surface area contributed by atoms with Crippen LogP contribution in [0.1, 0.15) is 194 Å². The van der Waals surface area contributed by atoms with Crippen LogP contribution in [-0.4, -0.2) is 142 Å². The molecule has 0 spiro atoms. The molecule has 14 nitrogen and oxygen atoms in total. The van der Waals surface area contributed by atoms with Gasteiger partial charge in [-0.15, -0.1) is 0 Å². The Kier molecular flexibility index (Phi) is 40.2. The number of hydrogen-bond acceptors (Lipinski definition) is 14. The first-order valence-electron chi connectivity index (χ1n) is 27.9. The number of carbonyl (C=O) groups excluding carboxylic acids is 1. The maximum Gasteiger partial charge on any atom is 0.306 e. The van der Waals surface area contributed by atoms with Crippen molar-refractivity contribution in [1.82, 2.24) is 0 Å². The third kappa shape index (κ3) is 31.2. The minimum atomic E-state index is -1.72. The van der Waals surface area contributed by atoms with Gasteiger partial charge in [0.1, 0.15) is 54.9 Å². The van der Waals surface area contributed by atoms with E-state index in [1.54, 1.807) is 0 Å². The van der Waals surface area contributed by atoms with Crippen molar-refractivity contribution < 1.29 is 69.0 Å². The third-order valence-electron chi connectivity index (χ3n) is 13.0. The Balaban J connectivity index is 1.74. The van der Waals surface area contributed by atoms with E-state index in [4.69, 9.17) is 28.4 Å². The number of carbonyl (C=O) groups is 1. The topological polar surface area (TPSA) is 214 Å². The Morgan fingerprint density at radius 2 is 0.915 bits per heavy atom. The first kappa shape index (κ1) is 64.8. The minimum absolute atomic E-state index is 0.0375. The molecule has 0 aromatic rings. The summed E-state index contributed by atoms with van der Waals surface area (Å²) in [6, 6.07) is 0. The van der Waals surface area contributed by atoms with Gasteiger partial charge in [0.15, 0.2) is 12.6 Å². The zero-order chi connectivity index (χ0) is 51.6. The molecule has 71 heavy (non-hydrogen) atoms. The average Bonchev–Trinajstić information content (AvgIpc) is 3.37. The summed E-state index contributed by atoms with van der Waals surface area (Å²) in [5.41, 5.74) is 0. The summed E-state index contributed by atoms with van der Waals surface area (Å²) in [6.45, 7) is 3.50. The van der Waals surface area contributed by atoms with Crippen molar-refractivity contribution in [3.8, 4) is 0 Å². The monoisotopic (exact) mass is 1010 g/mol. The normalized spacial score (nSPS) is 25.8. The summed E-state index contributed by atoms with van der Waals surface area (Å²) in [4.78, 5) is 13.1. The van der Waals surface area contributed by atoms with Gasteiger partial charge in [0.2, 0.25) is 0 Å². The highest BCUT2D eigenvalue weighted by atomic mass is 16.7. The van der Waals surface area contributed by atoms with Crippen LogP contribution in [0.2, 0.25) is 0 Å². The van der Waals surface area contributed by atoms with E-state index in [2.05, 4.69) is 74.6 Å². The Hall–Kier alpha value is -2.31. The van der Waals surface area contributed by atoms with E-state index in [9.17, 15) is 40.5 Å². The number of unbranched alkanes of at least 4 members (excludes halogenated alkanes) is 20. The molecule has 0 radical (unpaired) electrons. The molecule has 2 aliphatic rings. The average molecular weight is 1010 g/mol. The highest BCUT2D eigenvalue weighted by Gasteiger charge is 2.47. The van der Waals surface area contributed by atoms with Crippen LogP contribution < -0.4 is 0 Å². The fourth-order valence-corrected chi connectivity index (χ4v) is 8.51. The number of ether oxygens (including phenoxy) is 6. The zero-order valence-electron chi connectivity index (χ0n) is 43.9. The number of esters is 1. The number of aliphatic hydroxyl groups excluding tert-OH is 7. The molecule has 2 rings (SSSR count). The van der Waals surface area contributed by atoms with Crippen molar-refractivity contribution >= 4 is 5.97 Å². The summed E-state index contributed by atoms with van der Waals surface area (Å²) < 4.78 is 34.3. The van der Waals surface area contributed by atoms with Crippen LogP contribution in [0.3, 0.4) is 0 Å². The van der Waals surface area contributed by atoms with Crippen LogP contribution in [0.15, 0.2) is 60.8 Å². The highest BCUT2D eigenvalue weighted by Crippen LogP contribution is 2.26. The highest BCUT2D eigenvalue weighted by molar-refractivity contribution is 5.69. The number of rotatable bonds is 44. The predicted molar refractivity (Wildman–Crippen MR) is 279 cm³/mol. The Bertz CT molecular complexity index is 1400. The Morgan fingerprint density at radius 3 is 1.45 bits per heavy atom. The van der Waals surface area contributed by atoms with Crippen LogP contribution in [-0.2, 0) is 33.2 Å². The van der Waals surface area contributed by atoms with Crippen molar-refractivity contribution in [2.75, 3.05) is 33.0 Å². The van der Waals surface area contributed by atoms with Gasteiger partial charge in [-0.3, -0.25) is 4.79 Å². The van der Waals surface area contributed by atoms with Crippen LogP contribution in [0.5, 0.6) is 0 Å². The second-order valence-electron chi connectivity index (χ2n) is 19.4. The summed E-state index contributed by atoms with van der Waals surface area (Å²) in [7, 11) is 0. The third-order valence-corrected chi connectivity index (χ3v) is 13.0. The molecule has 0 bridgehead atoms. The second-order valence-corrected chi connectivity index (χ2v) is 19.4. The van der Waals surface area contributed by atoms with E-state index >= 15 is 0 Å².